The summed E-state index contributed by atoms with van der Waals surface area (Å²) in [6.07, 6.45) is 1.44. The standard InChI is InChI=1S/C28H26N2O5/c1-4-34-25-16-20(10-13-24(25)35-17-21-7-5-6-19(3)14-21)15-23-26(31)29-28(33)30(27(23)32)22-11-8-18(2)9-12-22/h5-16H,4,17H2,1-3H3,(H,29,31,33)/b23-15+. The number of imide groups is 2. The summed E-state index contributed by atoms with van der Waals surface area (Å²) in [6, 6.07) is 19.3. The van der Waals surface area contributed by atoms with Gasteiger partial charge in [-0.15, -0.1) is 0 Å². The fourth-order valence-corrected chi connectivity index (χ4v) is 3.72. The Balaban J connectivity index is 1.61. The molecule has 1 saturated heterocycles. The van der Waals surface area contributed by atoms with Crippen molar-refractivity contribution in [3.8, 4) is 11.5 Å². The van der Waals surface area contributed by atoms with E-state index in [9.17, 15) is 14.4 Å². The lowest BCUT2D eigenvalue weighted by Gasteiger charge is -2.26. The molecule has 1 heterocycles. The second kappa shape index (κ2) is 10.3. The molecule has 0 aromatic heterocycles. The molecule has 0 radical (unpaired) electrons. The van der Waals surface area contributed by atoms with Gasteiger partial charge < -0.3 is 9.47 Å². The SMILES string of the molecule is CCOc1cc(/C=C2\C(=O)NC(=O)N(c3ccc(C)cc3)C2=O)ccc1OCc1cccc(C)c1. The molecule has 3 aromatic carbocycles. The van der Waals surface area contributed by atoms with Crippen molar-refractivity contribution in [2.24, 2.45) is 0 Å². The number of ether oxygens (including phenoxy) is 2. The van der Waals surface area contributed by atoms with Gasteiger partial charge in [-0.3, -0.25) is 14.9 Å². The van der Waals surface area contributed by atoms with E-state index in [0.717, 1.165) is 21.6 Å². The van der Waals surface area contributed by atoms with Crippen LogP contribution in [0.3, 0.4) is 0 Å². The molecular formula is C28H26N2O5. The van der Waals surface area contributed by atoms with Crippen molar-refractivity contribution < 1.29 is 23.9 Å². The smallest absolute Gasteiger partial charge is 0.335 e. The molecule has 35 heavy (non-hydrogen) atoms. The first-order chi connectivity index (χ1) is 16.9. The molecule has 1 aliphatic heterocycles. The van der Waals surface area contributed by atoms with E-state index >= 15 is 0 Å². The minimum Gasteiger partial charge on any atom is -0.490 e. The van der Waals surface area contributed by atoms with Gasteiger partial charge in [-0.25, -0.2) is 9.69 Å². The Morgan fingerprint density at radius 1 is 0.857 bits per heavy atom. The Morgan fingerprint density at radius 2 is 1.63 bits per heavy atom. The van der Waals surface area contributed by atoms with Crippen molar-refractivity contribution in [3.63, 3.8) is 0 Å². The number of rotatable bonds is 7. The second-order valence-corrected chi connectivity index (χ2v) is 8.21. The van der Waals surface area contributed by atoms with Crippen molar-refractivity contribution in [1.29, 1.82) is 0 Å². The van der Waals surface area contributed by atoms with Crippen molar-refractivity contribution >= 4 is 29.6 Å². The van der Waals surface area contributed by atoms with Crippen molar-refractivity contribution in [3.05, 3.63) is 94.6 Å². The lowest BCUT2D eigenvalue weighted by atomic mass is 10.1. The largest absolute Gasteiger partial charge is 0.490 e. The number of nitrogens with one attached hydrogen (secondary N) is 1. The van der Waals surface area contributed by atoms with E-state index < -0.39 is 17.8 Å². The monoisotopic (exact) mass is 470 g/mol. The van der Waals surface area contributed by atoms with Crippen LogP contribution in [0.2, 0.25) is 0 Å². The zero-order valence-electron chi connectivity index (χ0n) is 19.8. The number of nitrogens with zero attached hydrogens (tertiary/aromatic N) is 1. The van der Waals surface area contributed by atoms with E-state index in [1.165, 1.54) is 6.08 Å². The zero-order chi connectivity index (χ0) is 24.9. The summed E-state index contributed by atoms with van der Waals surface area (Å²) >= 11 is 0. The average molecular weight is 471 g/mol. The minimum absolute atomic E-state index is 0.152. The normalized spacial score (nSPS) is 14.8. The molecule has 4 amide bonds. The first-order valence-electron chi connectivity index (χ1n) is 11.3. The summed E-state index contributed by atoms with van der Waals surface area (Å²) in [4.78, 5) is 39.0. The molecule has 0 atom stereocenters. The first kappa shape index (κ1) is 23.8. The fourth-order valence-electron chi connectivity index (χ4n) is 3.72. The quantitative estimate of drug-likeness (QED) is 0.390. The van der Waals surface area contributed by atoms with Gasteiger partial charge in [0.2, 0.25) is 0 Å². The summed E-state index contributed by atoms with van der Waals surface area (Å²) in [5.74, 6) is -0.405. The number of benzene rings is 3. The molecule has 178 valence electrons. The zero-order valence-corrected chi connectivity index (χ0v) is 19.8. The molecule has 0 spiro atoms. The molecule has 1 aliphatic rings. The number of hydrogen-bond acceptors (Lipinski definition) is 5. The number of carbonyl (C=O) groups excluding carboxylic acids is 3. The summed E-state index contributed by atoms with van der Waals surface area (Å²) in [5, 5.41) is 2.24. The van der Waals surface area contributed by atoms with Crippen LogP contribution in [0, 0.1) is 13.8 Å². The summed E-state index contributed by atoms with van der Waals surface area (Å²) < 4.78 is 11.7. The van der Waals surface area contributed by atoms with Crippen LogP contribution in [0.15, 0.2) is 72.3 Å². The number of carbonyl (C=O) groups is 3. The Morgan fingerprint density at radius 3 is 2.34 bits per heavy atom. The molecule has 0 unspecified atom stereocenters. The molecule has 3 aromatic rings. The van der Waals surface area contributed by atoms with E-state index in [4.69, 9.17) is 9.47 Å². The van der Waals surface area contributed by atoms with E-state index in [-0.39, 0.29) is 5.57 Å². The van der Waals surface area contributed by atoms with Crippen molar-refractivity contribution in [2.75, 3.05) is 11.5 Å². The first-order valence-corrected chi connectivity index (χ1v) is 11.3. The van der Waals surface area contributed by atoms with Gasteiger partial charge in [0, 0.05) is 0 Å². The van der Waals surface area contributed by atoms with E-state index in [0.29, 0.717) is 36.0 Å². The summed E-state index contributed by atoms with van der Waals surface area (Å²) in [6.45, 7) is 6.57. The van der Waals surface area contributed by atoms with Crippen LogP contribution < -0.4 is 19.7 Å². The second-order valence-electron chi connectivity index (χ2n) is 8.21. The molecule has 0 aliphatic carbocycles. The van der Waals surface area contributed by atoms with Gasteiger partial charge in [-0.05, 0) is 62.2 Å². The highest BCUT2D eigenvalue weighted by atomic mass is 16.5. The van der Waals surface area contributed by atoms with Gasteiger partial charge in [0.15, 0.2) is 11.5 Å². The van der Waals surface area contributed by atoms with Crippen LogP contribution in [0.1, 0.15) is 29.2 Å². The van der Waals surface area contributed by atoms with Gasteiger partial charge in [-0.2, -0.15) is 0 Å². The Labute approximate surface area is 204 Å². The van der Waals surface area contributed by atoms with Gasteiger partial charge in [0.1, 0.15) is 12.2 Å². The molecular weight excluding hydrogens is 444 g/mol. The van der Waals surface area contributed by atoms with Crippen LogP contribution in [-0.4, -0.2) is 24.5 Å². The lowest BCUT2D eigenvalue weighted by Crippen LogP contribution is -2.54. The Bertz CT molecular complexity index is 1310. The predicted octanol–water partition coefficient (Wildman–Crippen LogP) is 4.95. The van der Waals surface area contributed by atoms with Gasteiger partial charge in [0.25, 0.3) is 11.8 Å². The molecule has 1 N–H and O–H groups in total. The minimum atomic E-state index is -0.782. The fraction of sp³-hybridized carbons (Fsp3) is 0.179. The molecule has 0 saturated carbocycles. The third-order valence-corrected chi connectivity index (χ3v) is 5.45. The average Bonchev–Trinajstić information content (AvgIpc) is 2.82. The maximum atomic E-state index is 13.1. The van der Waals surface area contributed by atoms with Crippen LogP contribution in [0.4, 0.5) is 10.5 Å². The number of barbiturate groups is 1. The van der Waals surface area contributed by atoms with Gasteiger partial charge >= 0.3 is 6.03 Å². The predicted molar refractivity (Wildman–Crippen MR) is 133 cm³/mol. The maximum Gasteiger partial charge on any atom is 0.335 e. The highest BCUT2D eigenvalue weighted by Crippen LogP contribution is 2.31. The highest BCUT2D eigenvalue weighted by Gasteiger charge is 2.36. The molecule has 0 bridgehead atoms. The molecule has 1 fully saturated rings. The molecule has 7 nitrogen and oxygen atoms in total. The number of anilines is 1. The Hall–Kier alpha value is -4.39. The van der Waals surface area contributed by atoms with E-state index in [1.54, 1.807) is 42.5 Å². The number of aryl methyl sites for hydroxylation is 2. The number of hydrogen-bond donors (Lipinski definition) is 1. The van der Waals surface area contributed by atoms with E-state index in [1.807, 2.05) is 45.0 Å². The highest BCUT2D eigenvalue weighted by molar-refractivity contribution is 6.39. The van der Waals surface area contributed by atoms with Gasteiger partial charge in [0.05, 0.1) is 12.3 Å². The topological polar surface area (TPSA) is 84.9 Å². The van der Waals surface area contributed by atoms with Crippen LogP contribution in [0.25, 0.3) is 6.08 Å². The van der Waals surface area contributed by atoms with Crippen LogP contribution in [-0.2, 0) is 16.2 Å². The molecule has 4 rings (SSSR count). The van der Waals surface area contributed by atoms with Crippen LogP contribution in [0.5, 0.6) is 11.5 Å². The number of urea groups is 1. The molecule has 7 heteroatoms. The van der Waals surface area contributed by atoms with Gasteiger partial charge in [-0.1, -0.05) is 53.6 Å². The lowest BCUT2D eigenvalue weighted by molar-refractivity contribution is -0.122. The third kappa shape index (κ3) is 5.41. The number of amides is 4. The Kier molecular flexibility index (Phi) is 6.96. The van der Waals surface area contributed by atoms with E-state index in [2.05, 4.69) is 5.32 Å². The summed E-state index contributed by atoms with van der Waals surface area (Å²) in [7, 11) is 0. The van der Waals surface area contributed by atoms with Crippen molar-refractivity contribution in [2.45, 2.75) is 27.4 Å². The third-order valence-electron chi connectivity index (χ3n) is 5.45. The maximum absolute atomic E-state index is 13.1. The van der Waals surface area contributed by atoms with Crippen LogP contribution >= 0.6 is 0 Å². The van der Waals surface area contributed by atoms with Crippen molar-refractivity contribution in [1.82, 2.24) is 5.32 Å². The summed E-state index contributed by atoms with van der Waals surface area (Å²) in [5.41, 5.74) is 3.95.